The van der Waals surface area contributed by atoms with Gasteiger partial charge in [0.25, 0.3) is 0 Å². The summed E-state index contributed by atoms with van der Waals surface area (Å²) in [6.45, 7) is 0. The van der Waals surface area contributed by atoms with Crippen LogP contribution in [0.2, 0.25) is 5.02 Å². The third-order valence-corrected chi connectivity index (χ3v) is 3.34. The van der Waals surface area contributed by atoms with Gasteiger partial charge < -0.3 is 9.84 Å². The molecule has 0 atom stereocenters. The van der Waals surface area contributed by atoms with E-state index in [4.69, 9.17) is 16.3 Å². The molecule has 2 aromatic carbocycles. The standard InChI is InChI=1S/C15H12ClN3O2/c1-21-14-8-10(2-7-13(14)20)15-18-17-9-19(15)12-5-3-11(16)4-6-12/h2-9,20H,1H3. The third kappa shape index (κ3) is 2.55. The van der Waals surface area contributed by atoms with Crippen LogP contribution in [-0.2, 0) is 0 Å². The van der Waals surface area contributed by atoms with E-state index in [0.29, 0.717) is 16.6 Å². The smallest absolute Gasteiger partial charge is 0.168 e. The molecule has 0 unspecified atom stereocenters. The first-order valence-electron chi connectivity index (χ1n) is 6.22. The molecule has 1 N–H and O–H groups in total. The highest BCUT2D eigenvalue weighted by Gasteiger charge is 2.11. The Morgan fingerprint density at radius 3 is 2.62 bits per heavy atom. The van der Waals surface area contributed by atoms with Crippen molar-refractivity contribution < 1.29 is 9.84 Å². The molecule has 0 aliphatic heterocycles. The molecule has 0 aliphatic rings. The van der Waals surface area contributed by atoms with E-state index < -0.39 is 0 Å². The van der Waals surface area contributed by atoms with Crippen LogP contribution in [0.1, 0.15) is 0 Å². The Labute approximate surface area is 126 Å². The maximum atomic E-state index is 9.67. The van der Waals surface area contributed by atoms with Crippen LogP contribution in [0.4, 0.5) is 0 Å². The summed E-state index contributed by atoms with van der Waals surface area (Å²) in [6.07, 6.45) is 1.62. The lowest BCUT2D eigenvalue weighted by atomic mass is 10.2. The second kappa shape index (κ2) is 5.46. The number of aromatic hydroxyl groups is 1. The number of aromatic nitrogens is 3. The first kappa shape index (κ1) is 13.5. The molecule has 0 amide bonds. The Bertz CT molecular complexity index is 769. The number of methoxy groups -OCH3 is 1. The van der Waals surface area contributed by atoms with Crippen molar-refractivity contribution in [3.8, 4) is 28.6 Å². The van der Waals surface area contributed by atoms with E-state index in [-0.39, 0.29) is 5.75 Å². The van der Waals surface area contributed by atoms with Gasteiger partial charge >= 0.3 is 0 Å². The van der Waals surface area contributed by atoms with Gasteiger partial charge in [-0.1, -0.05) is 11.6 Å². The maximum absolute atomic E-state index is 9.67. The zero-order chi connectivity index (χ0) is 14.8. The van der Waals surface area contributed by atoms with Gasteiger partial charge in [0, 0.05) is 16.3 Å². The minimum Gasteiger partial charge on any atom is -0.504 e. The predicted molar refractivity (Wildman–Crippen MR) is 80.0 cm³/mol. The number of nitrogens with zero attached hydrogens (tertiary/aromatic N) is 3. The lowest BCUT2D eigenvalue weighted by Gasteiger charge is -2.09. The molecular weight excluding hydrogens is 290 g/mol. The van der Waals surface area contributed by atoms with Crippen molar-refractivity contribution in [2.45, 2.75) is 0 Å². The van der Waals surface area contributed by atoms with Gasteiger partial charge in [-0.2, -0.15) is 0 Å². The molecule has 3 rings (SSSR count). The number of phenols is 1. The van der Waals surface area contributed by atoms with Crippen molar-refractivity contribution in [2.75, 3.05) is 7.11 Å². The fourth-order valence-electron chi connectivity index (χ4n) is 2.04. The fraction of sp³-hybridized carbons (Fsp3) is 0.0667. The van der Waals surface area contributed by atoms with Gasteiger partial charge in [0.15, 0.2) is 17.3 Å². The molecule has 0 spiro atoms. The third-order valence-electron chi connectivity index (χ3n) is 3.09. The Balaban J connectivity index is 2.08. The maximum Gasteiger partial charge on any atom is 0.168 e. The van der Waals surface area contributed by atoms with Crippen LogP contribution in [0, 0.1) is 0 Å². The molecule has 106 valence electrons. The molecule has 1 heterocycles. The number of halogens is 1. The molecule has 0 saturated carbocycles. The minimum atomic E-state index is 0.0822. The van der Waals surface area contributed by atoms with Gasteiger partial charge in [-0.05, 0) is 42.5 Å². The van der Waals surface area contributed by atoms with E-state index in [0.717, 1.165) is 11.3 Å². The molecule has 3 aromatic rings. The highest BCUT2D eigenvalue weighted by atomic mass is 35.5. The average molecular weight is 302 g/mol. The number of phenolic OH excluding ortho intramolecular Hbond substituents is 1. The zero-order valence-electron chi connectivity index (χ0n) is 11.2. The van der Waals surface area contributed by atoms with Crippen LogP contribution in [-0.4, -0.2) is 27.0 Å². The van der Waals surface area contributed by atoms with Crippen LogP contribution < -0.4 is 4.74 Å². The highest BCUT2D eigenvalue weighted by Crippen LogP contribution is 2.31. The van der Waals surface area contributed by atoms with Crippen LogP contribution in [0.15, 0.2) is 48.8 Å². The van der Waals surface area contributed by atoms with Crippen molar-refractivity contribution in [1.29, 1.82) is 0 Å². The number of ether oxygens (including phenoxy) is 1. The van der Waals surface area contributed by atoms with Gasteiger partial charge in [-0.3, -0.25) is 4.57 Å². The van der Waals surface area contributed by atoms with E-state index >= 15 is 0 Å². The summed E-state index contributed by atoms with van der Waals surface area (Å²) in [5.74, 6) is 1.12. The van der Waals surface area contributed by atoms with Gasteiger partial charge in [0.1, 0.15) is 6.33 Å². The Kier molecular flexibility index (Phi) is 3.50. The molecular formula is C15H12ClN3O2. The second-order valence-electron chi connectivity index (χ2n) is 4.39. The summed E-state index contributed by atoms with van der Waals surface area (Å²) in [7, 11) is 1.50. The molecule has 0 bridgehead atoms. The Hall–Kier alpha value is -2.53. The quantitative estimate of drug-likeness (QED) is 0.806. The predicted octanol–water partition coefficient (Wildman–Crippen LogP) is 3.30. The monoisotopic (exact) mass is 301 g/mol. The minimum absolute atomic E-state index is 0.0822. The summed E-state index contributed by atoms with van der Waals surface area (Å²) in [5.41, 5.74) is 1.68. The molecule has 5 nitrogen and oxygen atoms in total. The number of benzene rings is 2. The molecule has 0 fully saturated rings. The Morgan fingerprint density at radius 2 is 1.90 bits per heavy atom. The van der Waals surface area contributed by atoms with Gasteiger partial charge in [-0.25, -0.2) is 0 Å². The van der Waals surface area contributed by atoms with Crippen molar-refractivity contribution in [3.05, 3.63) is 53.8 Å². The summed E-state index contributed by atoms with van der Waals surface area (Å²) in [6, 6.07) is 12.4. The van der Waals surface area contributed by atoms with Crippen molar-refractivity contribution in [1.82, 2.24) is 14.8 Å². The zero-order valence-corrected chi connectivity index (χ0v) is 11.9. The van der Waals surface area contributed by atoms with E-state index in [1.807, 2.05) is 16.7 Å². The summed E-state index contributed by atoms with van der Waals surface area (Å²) >= 11 is 5.90. The van der Waals surface area contributed by atoms with E-state index in [9.17, 15) is 5.11 Å². The van der Waals surface area contributed by atoms with Crippen LogP contribution in [0.5, 0.6) is 11.5 Å². The number of rotatable bonds is 3. The van der Waals surface area contributed by atoms with Crippen molar-refractivity contribution in [2.24, 2.45) is 0 Å². The SMILES string of the molecule is COc1cc(-c2nncn2-c2ccc(Cl)cc2)ccc1O. The number of hydrogen-bond acceptors (Lipinski definition) is 4. The Morgan fingerprint density at radius 1 is 1.14 bits per heavy atom. The molecule has 0 aliphatic carbocycles. The molecule has 21 heavy (non-hydrogen) atoms. The van der Waals surface area contributed by atoms with E-state index in [1.54, 1.807) is 36.7 Å². The molecule has 6 heteroatoms. The van der Waals surface area contributed by atoms with Crippen molar-refractivity contribution in [3.63, 3.8) is 0 Å². The fourth-order valence-corrected chi connectivity index (χ4v) is 2.17. The topological polar surface area (TPSA) is 60.2 Å². The van der Waals surface area contributed by atoms with Crippen LogP contribution in [0.3, 0.4) is 0 Å². The molecule has 0 radical (unpaired) electrons. The molecule has 0 saturated heterocycles. The van der Waals surface area contributed by atoms with Gasteiger partial charge in [0.05, 0.1) is 7.11 Å². The van der Waals surface area contributed by atoms with Crippen LogP contribution >= 0.6 is 11.6 Å². The lowest BCUT2D eigenvalue weighted by molar-refractivity contribution is 0.373. The first-order chi connectivity index (χ1) is 10.2. The first-order valence-corrected chi connectivity index (χ1v) is 6.60. The largest absolute Gasteiger partial charge is 0.504 e. The molecule has 1 aromatic heterocycles. The second-order valence-corrected chi connectivity index (χ2v) is 4.82. The lowest BCUT2D eigenvalue weighted by Crippen LogP contribution is -1.96. The summed E-state index contributed by atoms with van der Waals surface area (Å²) < 4.78 is 6.96. The average Bonchev–Trinajstić information content (AvgIpc) is 2.98. The van der Waals surface area contributed by atoms with E-state index in [1.165, 1.54) is 7.11 Å². The number of hydrogen-bond donors (Lipinski definition) is 1. The van der Waals surface area contributed by atoms with E-state index in [2.05, 4.69) is 10.2 Å². The normalized spacial score (nSPS) is 10.6. The van der Waals surface area contributed by atoms with Gasteiger partial charge in [-0.15, -0.1) is 10.2 Å². The highest BCUT2D eigenvalue weighted by molar-refractivity contribution is 6.30. The van der Waals surface area contributed by atoms with Crippen LogP contribution in [0.25, 0.3) is 17.1 Å². The summed E-state index contributed by atoms with van der Waals surface area (Å²) in [5, 5.41) is 18.4. The van der Waals surface area contributed by atoms with Gasteiger partial charge in [0.2, 0.25) is 0 Å². The summed E-state index contributed by atoms with van der Waals surface area (Å²) in [4.78, 5) is 0. The van der Waals surface area contributed by atoms with Crippen molar-refractivity contribution >= 4 is 11.6 Å².